The van der Waals surface area contributed by atoms with Gasteiger partial charge in [0.1, 0.15) is 5.69 Å². The van der Waals surface area contributed by atoms with Gasteiger partial charge < -0.3 is 14.8 Å². The van der Waals surface area contributed by atoms with Crippen LogP contribution in [0.15, 0.2) is 18.2 Å². The predicted octanol–water partition coefficient (Wildman–Crippen LogP) is 3.94. The maximum absolute atomic E-state index is 11.0. The molecule has 1 N–H and O–H groups in total. The average Bonchev–Trinajstić information content (AvgIpc) is 2.62. The molecule has 0 aliphatic heterocycles. The van der Waals surface area contributed by atoms with Crippen LogP contribution in [0, 0.1) is 20.2 Å². The highest BCUT2D eigenvalue weighted by molar-refractivity contribution is 14.1. The van der Waals surface area contributed by atoms with E-state index in [4.69, 9.17) is 9.47 Å². The summed E-state index contributed by atoms with van der Waals surface area (Å²) in [7, 11) is 0. The van der Waals surface area contributed by atoms with Gasteiger partial charge in [0.2, 0.25) is 0 Å². The molecule has 0 aliphatic rings. The van der Waals surface area contributed by atoms with Crippen molar-refractivity contribution >= 4 is 39.7 Å². The lowest BCUT2D eigenvalue weighted by Crippen LogP contribution is -2.13. The summed E-state index contributed by atoms with van der Waals surface area (Å²) in [6.07, 6.45) is 4.73. The van der Waals surface area contributed by atoms with Crippen LogP contribution in [0.25, 0.3) is 0 Å². The van der Waals surface area contributed by atoms with Gasteiger partial charge in [0.25, 0.3) is 11.4 Å². The molecule has 0 radical (unpaired) electrons. The lowest BCUT2D eigenvalue weighted by atomic mass is 10.2. The van der Waals surface area contributed by atoms with Gasteiger partial charge in [-0.3, -0.25) is 20.2 Å². The number of benzene rings is 1. The van der Waals surface area contributed by atoms with Crippen LogP contribution in [0.1, 0.15) is 25.7 Å². The van der Waals surface area contributed by atoms with Crippen LogP contribution in [0.2, 0.25) is 0 Å². The molecule has 26 heavy (non-hydrogen) atoms. The van der Waals surface area contributed by atoms with E-state index in [0.29, 0.717) is 26.4 Å². The summed E-state index contributed by atoms with van der Waals surface area (Å²) in [6.45, 7) is 2.42. The lowest BCUT2D eigenvalue weighted by Gasteiger charge is -2.08. The molecule has 0 spiro atoms. The number of unbranched alkanes of at least 4 members (excludes halogenated alkanes) is 3. The number of rotatable bonds is 15. The third kappa shape index (κ3) is 9.25. The Morgan fingerprint density at radius 2 is 1.62 bits per heavy atom. The molecule has 0 atom stereocenters. The first-order valence-electron chi connectivity index (χ1n) is 8.44. The Morgan fingerprint density at radius 1 is 0.923 bits per heavy atom. The van der Waals surface area contributed by atoms with Crippen LogP contribution in [0.5, 0.6) is 0 Å². The minimum atomic E-state index is -0.663. The molecular formula is C16H24IN3O6. The third-order valence-electron chi connectivity index (χ3n) is 3.49. The van der Waals surface area contributed by atoms with Crippen molar-refractivity contribution in [2.45, 2.75) is 25.7 Å². The summed E-state index contributed by atoms with van der Waals surface area (Å²) in [4.78, 5) is 20.4. The Morgan fingerprint density at radius 3 is 2.27 bits per heavy atom. The molecule has 9 nitrogen and oxygen atoms in total. The van der Waals surface area contributed by atoms with E-state index >= 15 is 0 Å². The molecule has 1 aromatic carbocycles. The summed E-state index contributed by atoms with van der Waals surface area (Å²) in [6, 6.07) is 3.50. The summed E-state index contributed by atoms with van der Waals surface area (Å²) >= 11 is 2.38. The lowest BCUT2D eigenvalue weighted by molar-refractivity contribution is -0.393. The van der Waals surface area contributed by atoms with Crippen molar-refractivity contribution in [2.75, 3.05) is 42.7 Å². The molecule has 0 unspecified atom stereocenters. The van der Waals surface area contributed by atoms with Gasteiger partial charge in [-0.1, -0.05) is 35.4 Å². The number of nitro benzene ring substituents is 2. The Labute approximate surface area is 165 Å². The molecule has 10 heteroatoms. The second kappa shape index (κ2) is 13.6. The van der Waals surface area contributed by atoms with Gasteiger partial charge >= 0.3 is 0 Å². The number of alkyl halides is 1. The Balaban J connectivity index is 2.16. The van der Waals surface area contributed by atoms with E-state index in [1.54, 1.807) is 0 Å². The number of hydrogen-bond acceptors (Lipinski definition) is 7. The molecule has 0 saturated heterocycles. The van der Waals surface area contributed by atoms with E-state index in [9.17, 15) is 20.2 Å². The van der Waals surface area contributed by atoms with E-state index in [1.165, 1.54) is 35.8 Å². The molecule has 0 fully saturated rings. The van der Waals surface area contributed by atoms with Gasteiger partial charge in [0, 0.05) is 19.2 Å². The zero-order chi connectivity index (χ0) is 19.2. The topological polar surface area (TPSA) is 117 Å². The summed E-state index contributed by atoms with van der Waals surface area (Å²) in [5.41, 5.74) is -0.415. The second-order valence-corrected chi connectivity index (χ2v) is 6.55. The van der Waals surface area contributed by atoms with E-state index < -0.39 is 9.85 Å². The van der Waals surface area contributed by atoms with Crippen LogP contribution in [0.3, 0.4) is 0 Å². The molecule has 0 aliphatic carbocycles. The fourth-order valence-corrected chi connectivity index (χ4v) is 2.71. The van der Waals surface area contributed by atoms with Crippen LogP contribution in [-0.2, 0) is 9.47 Å². The fourth-order valence-electron chi connectivity index (χ4n) is 2.17. The maximum Gasteiger partial charge on any atom is 0.299 e. The van der Waals surface area contributed by atoms with Crippen LogP contribution in [0.4, 0.5) is 17.1 Å². The second-order valence-electron chi connectivity index (χ2n) is 5.47. The first kappa shape index (κ1) is 22.5. The first-order valence-corrected chi connectivity index (χ1v) is 9.97. The monoisotopic (exact) mass is 481 g/mol. The highest BCUT2D eigenvalue weighted by Gasteiger charge is 2.18. The zero-order valence-corrected chi connectivity index (χ0v) is 16.7. The van der Waals surface area contributed by atoms with Gasteiger partial charge in [-0.25, -0.2) is 0 Å². The van der Waals surface area contributed by atoms with Gasteiger partial charge in [0.05, 0.1) is 35.7 Å². The number of ether oxygens (including phenoxy) is 2. The molecule has 0 aromatic heterocycles. The summed E-state index contributed by atoms with van der Waals surface area (Å²) in [5.74, 6) is 0. The number of hydrogen-bond donors (Lipinski definition) is 1. The number of nitrogens with one attached hydrogen (secondary N) is 1. The largest absolute Gasteiger partial charge is 0.379 e. The fraction of sp³-hybridized carbons (Fsp3) is 0.625. The van der Waals surface area contributed by atoms with Crippen LogP contribution < -0.4 is 5.32 Å². The van der Waals surface area contributed by atoms with Crippen molar-refractivity contribution in [2.24, 2.45) is 0 Å². The van der Waals surface area contributed by atoms with Crippen molar-refractivity contribution < 1.29 is 19.3 Å². The van der Waals surface area contributed by atoms with E-state index in [1.807, 2.05) is 0 Å². The van der Waals surface area contributed by atoms with Gasteiger partial charge in [-0.05, 0) is 23.3 Å². The number of nitrogens with zero attached hydrogens (tertiary/aromatic N) is 2. The number of non-ortho nitro benzene ring substituents is 1. The normalized spacial score (nSPS) is 10.7. The molecule has 0 bridgehead atoms. The Hall–Kier alpha value is -1.53. The third-order valence-corrected chi connectivity index (χ3v) is 4.26. The zero-order valence-electron chi connectivity index (χ0n) is 14.5. The number of anilines is 1. The average molecular weight is 481 g/mol. The van der Waals surface area contributed by atoms with Crippen molar-refractivity contribution in [3.63, 3.8) is 0 Å². The first-order chi connectivity index (χ1) is 12.6. The Bertz CT molecular complexity index is 573. The SMILES string of the molecule is O=[N+]([O-])c1ccc(NCCOCCOCCCCCCI)c([N+](=O)[O-])c1. The minimum Gasteiger partial charge on any atom is -0.379 e. The van der Waals surface area contributed by atoms with Gasteiger partial charge in [0.15, 0.2) is 0 Å². The Kier molecular flexibility index (Phi) is 11.8. The van der Waals surface area contributed by atoms with Crippen LogP contribution in [-0.4, -0.2) is 47.2 Å². The van der Waals surface area contributed by atoms with E-state index in [2.05, 4.69) is 27.9 Å². The molecule has 1 rings (SSSR count). The van der Waals surface area contributed by atoms with Crippen molar-refractivity contribution in [1.82, 2.24) is 0 Å². The molecule has 0 amide bonds. The molecule has 0 heterocycles. The standard InChI is InChI=1S/C16H24IN3O6/c17-7-3-1-2-4-9-25-11-12-26-10-8-18-15-6-5-14(19(21)22)13-16(15)20(23)24/h5-6,13,18H,1-4,7-12H2. The van der Waals surface area contributed by atoms with Crippen molar-refractivity contribution in [3.8, 4) is 0 Å². The smallest absolute Gasteiger partial charge is 0.299 e. The molecule has 0 saturated carbocycles. The summed E-state index contributed by atoms with van der Waals surface area (Å²) in [5, 5.41) is 24.6. The van der Waals surface area contributed by atoms with E-state index in [-0.39, 0.29) is 17.1 Å². The maximum atomic E-state index is 11.0. The minimum absolute atomic E-state index is 0.229. The van der Waals surface area contributed by atoms with Crippen LogP contribution >= 0.6 is 22.6 Å². The quantitative estimate of drug-likeness (QED) is 0.133. The molecule has 146 valence electrons. The highest BCUT2D eigenvalue weighted by atomic mass is 127. The van der Waals surface area contributed by atoms with Crippen molar-refractivity contribution in [1.29, 1.82) is 0 Å². The van der Waals surface area contributed by atoms with Crippen molar-refractivity contribution in [3.05, 3.63) is 38.4 Å². The van der Waals surface area contributed by atoms with E-state index in [0.717, 1.165) is 19.1 Å². The van der Waals surface area contributed by atoms with Gasteiger partial charge in [-0.15, -0.1) is 0 Å². The predicted molar refractivity (Wildman–Crippen MR) is 107 cm³/mol. The summed E-state index contributed by atoms with van der Waals surface area (Å²) < 4.78 is 12.1. The number of halogens is 1. The van der Waals surface area contributed by atoms with Gasteiger partial charge in [-0.2, -0.15) is 0 Å². The number of nitro groups is 2. The molecule has 1 aromatic rings. The highest BCUT2D eigenvalue weighted by Crippen LogP contribution is 2.28. The molecular weight excluding hydrogens is 457 g/mol.